The third kappa shape index (κ3) is 4.58. The number of rotatable bonds is 7. The summed E-state index contributed by atoms with van der Waals surface area (Å²) in [6.45, 7) is 2.48. The molecular formula is C14H26N2O2. The van der Waals surface area contributed by atoms with Crippen LogP contribution in [-0.2, 0) is 9.53 Å². The van der Waals surface area contributed by atoms with Crippen LogP contribution in [0.2, 0.25) is 0 Å². The van der Waals surface area contributed by atoms with Gasteiger partial charge in [-0.1, -0.05) is 12.8 Å². The number of nitrogens with two attached hydrogens (primary N) is 1. The summed E-state index contributed by atoms with van der Waals surface area (Å²) in [4.78, 5) is 11.5. The average Bonchev–Trinajstić information content (AvgIpc) is 3.21. The summed E-state index contributed by atoms with van der Waals surface area (Å²) < 4.78 is 5.55. The third-order valence-electron chi connectivity index (χ3n) is 4.22. The van der Waals surface area contributed by atoms with E-state index in [4.69, 9.17) is 10.5 Å². The molecule has 1 amide bonds. The molecule has 0 heterocycles. The predicted octanol–water partition coefficient (Wildman–Crippen LogP) is 1.29. The molecular weight excluding hydrogens is 228 g/mol. The van der Waals surface area contributed by atoms with Gasteiger partial charge < -0.3 is 15.8 Å². The number of hydrogen-bond acceptors (Lipinski definition) is 3. The fraction of sp³-hybridized carbons (Fsp3) is 0.929. The van der Waals surface area contributed by atoms with Crippen molar-refractivity contribution in [1.29, 1.82) is 0 Å². The molecule has 4 heteroatoms. The van der Waals surface area contributed by atoms with Crippen molar-refractivity contribution in [2.75, 3.05) is 26.3 Å². The topological polar surface area (TPSA) is 64.3 Å². The highest BCUT2D eigenvalue weighted by Crippen LogP contribution is 2.29. The van der Waals surface area contributed by atoms with Gasteiger partial charge in [0.25, 0.3) is 0 Å². The molecule has 2 aliphatic carbocycles. The largest absolute Gasteiger partial charge is 0.371 e. The summed E-state index contributed by atoms with van der Waals surface area (Å²) in [5.41, 5.74) is 5.78. The molecule has 3 N–H and O–H groups in total. The molecule has 0 saturated heterocycles. The molecule has 2 aliphatic rings. The van der Waals surface area contributed by atoms with Crippen molar-refractivity contribution >= 4 is 5.91 Å². The SMILES string of the molecule is NCC1CCCCC1COCC(=O)NCC1CC1. The van der Waals surface area contributed by atoms with Crippen LogP contribution in [0.3, 0.4) is 0 Å². The van der Waals surface area contributed by atoms with Crippen LogP contribution in [0.15, 0.2) is 0 Å². The Morgan fingerprint density at radius 1 is 1.17 bits per heavy atom. The van der Waals surface area contributed by atoms with Crippen LogP contribution in [-0.4, -0.2) is 32.2 Å². The first-order valence-corrected chi connectivity index (χ1v) is 7.34. The Morgan fingerprint density at radius 3 is 2.56 bits per heavy atom. The second-order valence-electron chi connectivity index (χ2n) is 5.80. The average molecular weight is 254 g/mol. The van der Waals surface area contributed by atoms with Crippen molar-refractivity contribution in [2.45, 2.75) is 38.5 Å². The molecule has 0 bridgehead atoms. The van der Waals surface area contributed by atoms with E-state index in [1.165, 1.54) is 38.5 Å². The van der Waals surface area contributed by atoms with Crippen LogP contribution in [0, 0.1) is 17.8 Å². The monoisotopic (exact) mass is 254 g/mol. The zero-order valence-electron chi connectivity index (χ0n) is 11.2. The molecule has 18 heavy (non-hydrogen) atoms. The highest BCUT2D eigenvalue weighted by Gasteiger charge is 2.24. The van der Waals surface area contributed by atoms with E-state index >= 15 is 0 Å². The number of amides is 1. The summed E-state index contributed by atoms with van der Waals surface area (Å²) in [6, 6.07) is 0. The highest BCUT2D eigenvalue weighted by atomic mass is 16.5. The molecule has 2 saturated carbocycles. The molecule has 2 unspecified atom stereocenters. The lowest BCUT2D eigenvalue weighted by Crippen LogP contribution is -2.33. The molecule has 104 valence electrons. The lowest BCUT2D eigenvalue weighted by Gasteiger charge is -2.30. The van der Waals surface area contributed by atoms with Gasteiger partial charge >= 0.3 is 0 Å². The molecule has 0 aromatic carbocycles. The summed E-state index contributed by atoms with van der Waals surface area (Å²) in [7, 11) is 0. The Labute approximate surface area is 110 Å². The van der Waals surface area contributed by atoms with E-state index in [9.17, 15) is 4.79 Å². The van der Waals surface area contributed by atoms with E-state index in [1.54, 1.807) is 0 Å². The van der Waals surface area contributed by atoms with E-state index in [0.29, 0.717) is 18.4 Å². The lowest BCUT2D eigenvalue weighted by molar-refractivity contribution is -0.126. The minimum absolute atomic E-state index is 0.0296. The Kier molecular flexibility index (Phi) is 5.45. The van der Waals surface area contributed by atoms with E-state index in [-0.39, 0.29) is 12.5 Å². The Morgan fingerprint density at radius 2 is 1.89 bits per heavy atom. The van der Waals surface area contributed by atoms with Gasteiger partial charge in [-0.2, -0.15) is 0 Å². The molecule has 4 nitrogen and oxygen atoms in total. The van der Waals surface area contributed by atoms with Crippen molar-refractivity contribution in [1.82, 2.24) is 5.32 Å². The molecule has 2 atom stereocenters. The Hall–Kier alpha value is -0.610. The first kappa shape index (κ1) is 13.8. The van der Waals surface area contributed by atoms with Gasteiger partial charge in [0.1, 0.15) is 6.61 Å². The lowest BCUT2D eigenvalue weighted by atomic mass is 9.80. The first-order chi connectivity index (χ1) is 8.79. The fourth-order valence-electron chi connectivity index (χ4n) is 2.75. The van der Waals surface area contributed by atoms with Gasteiger partial charge in [0.05, 0.1) is 6.61 Å². The van der Waals surface area contributed by atoms with Crippen LogP contribution in [0.4, 0.5) is 0 Å². The Balaban J connectivity index is 1.56. The molecule has 0 aliphatic heterocycles. The smallest absolute Gasteiger partial charge is 0.246 e. The van der Waals surface area contributed by atoms with Gasteiger partial charge in [-0.25, -0.2) is 0 Å². The summed E-state index contributed by atoms with van der Waals surface area (Å²) in [6.07, 6.45) is 7.52. The van der Waals surface area contributed by atoms with Gasteiger partial charge in [-0.3, -0.25) is 4.79 Å². The van der Waals surface area contributed by atoms with Crippen molar-refractivity contribution in [2.24, 2.45) is 23.5 Å². The molecule has 0 aromatic rings. The molecule has 0 aromatic heterocycles. The minimum atomic E-state index is 0.0296. The van der Waals surface area contributed by atoms with Gasteiger partial charge in [0.2, 0.25) is 5.91 Å². The zero-order chi connectivity index (χ0) is 12.8. The summed E-state index contributed by atoms with van der Waals surface area (Å²) >= 11 is 0. The van der Waals surface area contributed by atoms with Crippen LogP contribution >= 0.6 is 0 Å². The zero-order valence-corrected chi connectivity index (χ0v) is 11.2. The van der Waals surface area contributed by atoms with Crippen molar-refractivity contribution in [3.8, 4) is 0 Å². The molecule has 2 rings (SSSR count). The second-order valence-corrected chi connectivity index (χ2v) is 5.80. The van der Waals surface area contributed by atoms with Gasteiger partial charge in [0.15, 0.2) is 0 Å². The van der Waals surface area contributed by atoms with Crippen molar-refractivity contribution in [3.63, 3.8) is 0 Å². The molecule has 0 spiro atoms. The third-order valence-corrected chi connectivity index (χ3v) is 4.22. The van der Waals surface area contributed by atoms with Gasteiger partial charge in [-0.05, 0) is 50.0 Å². The maximum Gasteiger partial charge on any atom is 0.246 e. The van der Waals surface area contributed by atoms with Gasteiger partial charge in [-0.15, -0.1) is 0 Å². The maximum absolute atomic E-state index is 11.5. The predicted molar refractivity (Wildman–Crippen MR) is 71.1 cm³/mol. The standard InChI is InChI=1S/C14H26N2O2/c15-7-12-3-1-2-4-13(12)9-18-10-14(17)16-8-11-5-6-11/h11-13H,1-10,15H2,(H,16,17). The minimum Gasteiger partial charge on any atom is -0.371 e. The summed E-state index contributed by atoms with van der Waals surface area (Å²) in [5, 5.41) is 2.92. The second kappa shape index (κ2) is 7.10. The van der Waals surface area contributed by atoms with E-state index in [0.717, 1.165) is 19.0 Å². The normalized spacial score (nSPS) is 28.1. The number of carbonyl (C=O) groups is 1. The van der Waals surface area contributed by atoms with Crippen molar-refractivity contribution in [3.05, 3.63) is 0 Å². The quantitative estimate of drug-likeness (QED) is 0.719. The van der Waals surface area contributed by atoms with Gasteiger partial charge in [0, 0.05) is 6.54 Å². The summed E-state index contributed by atoms with van der Waals surface area (Å²) in [5.74, 6) is 1.91. The first-order valence-electron chi connectivity index (χ1n) is 7.34. The fourth-order valence-corrected chi connectivity index (χ4v) is 2.75. The van der Waals surface area contributed by atoms with Crippen molar-refractivity contribution < 1.29 is 9.53 Å². The molecule has 2 fully saturated rings. The van der Waals surface area contributed by atoms with E-state index in [2.05, 4.69) is 5.32 Å². The number of hydrogen-bond donors (Lipinski definition) is 2. The number of nitrogens with one attached hydrogen (secondary N) is 1. The number of carbonyl (C=O) groups excluding carboxylic acids is 1. The van der Waals surface area contributed by atoms with Crippen LogP contribution < -0.4 is 11.1 Å². The van der Waals surface area contributed by atoms with E-state index < -0.39 is 0 Å². The Bertz CT molecular complexity index is 267. The number of ether oxygens (including phenoxy) is 1. The van der Waals surface area contributed by atoms with Crippen LogP contribution in [0.25, 0.3) is 0 Å². The van der Waals surface area contributed by atoms with Crippen LogP contribution in [0.5, 0.6) is 0 Å². The van der Waals surface area contributed by atoms with E-state index in [1.807, 2.05) is 0 Å². The molecule has 0 radical (unpaired) electrons. The van der Waals surface area contributed by atoms with Crippen LogP contribution in [0.1, 0.15) is 38.5 Å². The highest BCUT2D eigenvalue weighted by molar-refractivity contribution is 5.77. The maximum atomic E-state index is 11.5.